The van der Waals surface area contributed by atoms with Crippen LogP contribution in [0.15, 0.2) is 47.2 Å². The van der Waals surface area contributed by atoms with Gasteiger partial charge in [-0.2, -0.15) is 5.10 Å². The van der Waals surface area contributed by atoms with Crippen molar-refractivity contribution in [3.05, 3.63) is 76.5 Å². The molecule has 11 nitrogen and oxygen atoms in total. The number of amides is 1. The topological polar surface area (TPSA) is 155 Å². The van der Waals surface area contributed by atoms with Crippen molar-refractivity contribution in [2.45, 2.75) is 46.1 Å². The third kappa shape index (κ3) is 4.38. The molecule has 1 aliphatic rings. The monoisotopic (exact) mass is 588 g/mol. The summed E-state index contributed by atoms with van der Waals surface area (Å²) in [5.74, 6) is -0.410. The van der Waals surface area contributed by atoms with E-state index in [1.807, 2.05) is 13.8 Å². The SMILES string of the molecule is CC(=O)C(C)(C)Cc1coc(C2(C)C(=O)Nc3nc(-c4nn(Cc5ncccc5F)c5cc(Cl)ccc45)nc(N)c32)n1. The van der Waals surface area contributed by atoms with E-state index in [9.17, 15) is 14.0 Å². The number of nitrogens with zero attached hydrogens (tertiary/aromatic N) is 6. The van der Waals surface area contributed by atoms with Crippen LogP contribution in [0.1, 0.15) is 50.5 Å². The van der Waals surface area contributed by atoms with E-state index in [4.69, 9.17) is 21.8 Å². The average molecular weight is 589 g/mol. The molecule has 13 heteroatoms. The number of nitrogens with one attached hydrogen (secondary N) is 1. The van der Waals surface area contributed by atoms with E-state index in [2.05, 4.69) is 30.4 Å². The fourth-order valence-corrected chi connectivity index (χ4v) is 5.19. The minimum Gasteiger partial charge on any atom is -0.447 e. The van der Waals surface area contributed by atoms with Gasteiger partial charge in [0, 0.05) is 28.4 Å². The van der Waals surface area contributed by atoms with Crippen LogP contribution in [0.25, 0.3) is 22.4 Å². The third-order valence-corrected chi connectivity index (χ3v) is 7.97. The number of fused-ring (bicyclic) bond motifs is 2. The van der Waals surface area contributed by atoms with Crippen LogP contribution in [0.3, 0.4) is 0 Å². The molecule has 1 amide bonds. The maximum absolute atomic E-state index is 14.4. The summed E-state index contributed by atoms with van der Waals surface area (Å²) in [5.41, 5.74) is 6.43. The molecule has 5 aromatic rings. The summed E-state index contributed by atoms with van der Waals surface area (Å²) < 4.78 is 21.7. The van der Waals surface area contributed by atoms with Gasteiger partial charge in [0.05, 0.1) is 29.0 Å². The van der Waals surface area contributed by atoms with Gasteiger partial charge in [0.25, 0.3) is 0 Å². The number of nitrogen functional groups attached to an aromatic ring is 1. The molecule has 4 aromatic heterocycles. The Balaban J connectivity index is 1.42. The van der Waals surface area contributed by atoms with E-state index in [-0.39, 0.29) is 41.4 Å². The van der Waals surface area contributed by atoms with Crippen LogP contribution in [0.5, 0.6) is 0 Å². The van der Waals surface area contributed by atoms with Crippen molar-refractivity contribution in [2.24, 2.45) is 5.41 Å². The number of oxazole rings is 1. The number of nitrogens with two attached hydrogens (primary N) is 1. The number of halogens is 2. The van der Waals surface area contributed by atoms with Crippen LogP contribution in [-0.2, 0) is 28.0 Å². The Morgan fingerprint density at radius 2 is 2.02 bits per heavy atom. The Morgan fingerprint density at radius 3 is 2.76 bits per heavy atom. The molecular formula is C29H26ClFN8O3. The van der Waals surface area contributed by atoms with Crippen molar-refractivity contribution < 1.29 is 18.4 Å². The highest BCUT2D eigenvalue weighted by Crippen LogP contribution is 2.45. The van der Waals surface area contributed by atoms with Crippen LogP contribution in [-0.4, -0.2) is 41.4 Å². The maximum atomic E-state index is 14.4. The van der Waals surface area contributed by atoms with E-state index in [1.54, 1.807) is 29.8 Å². The number of benzene rings is 1. The first-order valence-corrected chi connectivity index (χ1v) is 13.5. The highest BCUT2D eigenvalue weighted by Gasteiger charge is 2.51. The minimum absolute atomic E-state index is 0.00907. The van der Waals surface area contributed by atoms with Crippen LogP contribution < -0.4 is 11.1 Å². The second-order valence-corrected chi connectivity index (χ2v) is 11.5. The molecule has 1 atom stereocenters. The predicted octanol–water partition coefficient (Wildman–Crippen LogP) is 4.72. The van der Waals surface area contributed by atoms with Crippen LogP contribution in [0.2, 0.25) is 5.02 Å². The normalized spacial score (nSPS) is 16.6. The van der Waals surface area contributed by atoms with Gasteiger partial charge in [0.15, 0.2) is 11.2 Å². The first kappa shape index (κ1) is 27.5. The molecule has 0 saturated carbocycles. The summed E-state index contributed by atoms with van der Waals surface area (Å²) in [6, 6.07) is 8.00. The minimum atomic E-state index is -1.41. The Labute approximate surface area is 244 Å². The summed E-state index contributed by atoms with van der Waals surface area (Å²) in [4.78, 5) is 43.2. The molecular weight excluding hydrogens is 563 g/mol. The molecule has 1 unspecified atom stereocenters. The van der Waals surface area contributed by atoms with E-state index in [1.165, 1.54) is 31.5 Å². The number of carbonyl (C=O) groups is 2. The molecule has 5 heterocycles. The van der Waals surface area contributed by atoms with Crippen LogP contribution in [0, 0.1) is 11.2 Å². The molecule has 0 spiro atoms. The second-order valence-electron chi connectivity index (χ2n) is 11.1. The van der Waals surface area contributed by atoms with E-state index in [0.29, 0.717) is 39.3 Å². The summed E-state index contributed by atoms with van der Waals surface area (Å²) in [6.07, 6.45) is 3.28. The number of pyridine rings is 1. The number of ketones is 1. The van der Waals surface area contributed by atoms with Crippen molar-refractivity contribution in [3.8, 4) is 11.5 Å². The van der Waals surface area contributed by atoms with Crippen molar-refractivity contribution in [1.29, 1.82) is 0 Å². The summed E-state index contributed by atoms with van der Waals surface area (Å²) in [5, 5.41) is 8.56. The zero-order chi connectivity index (χ0) is 30.0. The van der Waals surface area contributed by atoms with Gasteiger partial charge in [0.2, 0.25) is 11.8 Å². The molecule has 214 valence electrons. The third-order valence-electron chi connectivity index (χ3n) is 7.74. The lowest BCUT2D eigenvalue weighted by Crippen LogP contribution is -2.33. The zero-order valence-corrected chi connectivity index (χ0v) is 24.0. The van der Waals surface area contributed by atoms with Crippen LogP contribution >= 0.6 is 11.6 Å². The first-order valence-electron chi connectivity index (χ1n) is 13.1. The molecule has 3 N–H and O–H groups in total. The first-order chi connectivity index (χ1) is 19.9. The molecule has 0 aliphatic carbocycles. The van der Waals surface area contributed by atoms with E-state index in [0.717, 1.165) is 0 Å². The zero-order valence-electron chi connectivity index (χ0n) is 23.2. The lowest BCUT2D eigenvalue weighted by atomic mass is 9.83. The average Bonchev–Trinajstić information content (AvgIpc) is 3.60. The molecule has 0 saturated heterocycles. The Hall–Kier alpha value is -4.71. The van der Waals surface area contributed by atoms with E-state index < -0.39 is 22.6 Å². The number of anilines is 2. The van der Waals surface area contributed by atoms with Crippen molar-refractivity contribution in [2.75, 3.05) is 11.1 Å². The lowest BCUT2D eigenvalue weighted by molar-refractivity contribution is -0.124. The molecule has 0 radical (unpaired) electrons. The van der Waals surface area contributed by atoms with Gasteiger partial charge in [-0.1, -0.05) is 25.4 Å². The number of hydrogen-bond donors (Lipinski definition) is 2. The van der Waals surface area contributed by atoms with Gasteiger partial charge in [-0.3, -0.25) is 19.3 Å². The van der Waals surface area contributed by atoms with Crippen molar-refractivity contribution >= 4 is 45.8 Å². The van der Waals surface area contributed by atoms with Gasteiger partial charge >= 0.3 is 0 Å². The fraction of sp³-hybridized carbons (Fsp3) is 0.276. The van der Waals surface area contributed by atoms with Gasteiger partial charge in [-0.25, -0.2) is 19.3 Å². The van der Waals surface area contributed by atoms with Crippen molar-refractivity contribution in [1.82, 2.24) is 29.7 Å². The van der Waals surface area contributed by atoms with Crippen molar-refractivity contribution in [3.63, 3.8) is 0 Å². The highest BCUT2D eigenvalue weighted by atomic mass is 35.5. The van der Waals surface area contributed by atoms with Gasteiger partial charge in [-0.15, -0.1) is 0 Å². The Bertz CT molecular complexity index is 1920. The van der Waals surface area contributed by atoms with Gasteiger partial charge < -0.3 is 15.5 Å². The Morgan fingerprint density at radius 1 is 1.24 bits per heavy atom. The number of carbonyl (C=O) groups excluding carboxylic acids is 2. The number of aromatic nitrogens is 6. The van der Waals surface area contributed by atoms with Crippen LogP contribution in [0.4, 0.5) is 16.0 Å². The summed E-state index contributed by atoms with van der Waals surface area (Å²) in [7, 11) is 0. The second kappa shape index (κ2) is 9.69. The highest BCUT2D eigenvalue weighted by molar-refractivity contribution is 6.31. The Kier molecular flexibility index (Phi) is 6.34. The number of rotatable bonds is 7. The molecule has 0 bridgehead atoms. The van der Waals surface area contributed by atoms with Gasteiger partial charge in [0.1, 0.15) is 35.2 Å². The number of hydrogen-bond acceptors (Lipinski definition) is 9. The molecule has 6 rings (SSSR count). The van der Waals surface area contributed by atoms with Gasteiger partial charge in [-0.05, 0) is 44.2 Å². The largest absolute Gasteiger partial charge is 0.447 e. The predicted molar refractivity (Wildman–Crippen MR) is 153 cm³/mol. The summed E-state index contributed by atoms with van der Waals surface area (Å²) >= 11 is 6.28. The molecule has 1 aliphatic heterocycles. The smallest absolute Gasteiger partial charge is 0.245 e. The maximum Gasteiger partial charge on any atom is 0.245 e. The molecule has 1 aromatic carbocycles. The number of Topliss-reactive ketones (excluding diaryl/α,β-unsaturated/α-hetero) is 1. The fourth-order valence-electron chi connectivity index (χ4n) is 5.02. The quantitative estimate of drug-likeness (QED) is 0.275. The summed E-state index contributed by atoms with van der Waals surface area (Å²) in [6.45, 7) is 6.83. The molecule has 0 fully saturated rings. The van der Waals surface area contributed by atoms with E-state index >= 15 is 0 Å². The molecule has 42 heavy (non-hydrogen) atoms. The standard InChI is InChI=1S/C29H26ClFN8O3/c1-14(40)28(2,3)11-16-13-42-27(34-16)29(4)21-23(32)35-25(36-24(21)37-26(29)41)22-17-8-7-15(30)10-20(17)39(38-22)12-19-18(31)6-5-9-33-19/h5-10,13H,11-12H2,1-4H3,(H3,32,35,36,37,41). The lowest BCUT2D eigenvalue weighted by Gasteiger charge is -2.20.